The molecule has 0 radical (unpaired) electrons. The molecule has 4 heteroatoms. The van der Waals surface area contributed by atoms with Crippen LogP contribution in [0.5, 0.6) is 0 Å². The molecule has 1 unspecified atom stereocenters. The molecule has 0 heterocycles. The Morgan fingerprint density at radius 3 is 2.50 bits per heavy atom. The van der Waals surface area contributed by atoms with Crippen LogP contribution in [0.2, 0.25) is 0 Å². The Morgan fingerprint density at radius 2 is 2.14 bits per heavy atom. The van der Waals surface area contributed by atoms with Gasteiger partial charge in [0.05, 0.1) is 18.8 Å². The van der Waals surface area contributed by atoms with Crippen molar-refractivity contribution in [2.24, 2.45) is 5.73 Å². The number of hydrogen-bond donors (Lipinski definition) is 2. The summed E-state index contributed by atoms with van der Waals surface area (Å²) in [7, 11) is 1.28. The molecule has 0 aliphatic heterocycles. The van der Waals surface area contributed by atoms with E-state index in [0.717, 1.165) is 12.8 Å². The molecular weight excluding hydrogens is 182 g/mol. The molecule has 0 aromatic carbocycles. The molecule has 14 heavy (non-hydrogen) atoms. The number of esters is 1. The highest BCUT2D eigenvalue weighted by Crippen LogP contribution is 2.12. The van der Waals surface area contributed by atoms with Crippen LogP contribution in [-0.2, 0) is 9.53 Å². The number of carbonyl (C=O) groups is 1. The Hall–Kier alpha value is -1.03. The van der Waals surface area contributed by atoms with Crippen molar-refractivity contribution in [2.75, 3.05) is 7.11 Å². The molecule has 0 spiro atoms. The van der Waals surface area contributed by atoms with E-state index in [1.165, 1.54) is 14.0 Å². The molecule has 82 valence electrons. The van der Waals surface area contributed by atoms with Gasteiger partial charge >= 0.3 is 5.97 Å². The number of allylic oxidation sites excluding steroid dienone is 1. The lowest BCUT2D eigenvalue weighted by atomic mass is 10.1. The molecule has 0 aliphatic rings. The molecular formula is C10H19NO3. The monoisotopic (exact) mass is 201 g/mol. The number of rotatable bonds is 5. The van der Waals surface area contributed by atoms with Gasteiger partial charge in [0.25, 0.3) is 0 Å². The van der Waals surface area contributed by atoms with Crippen molar-refractivity contribution in [3.8, 4) is 0 Å². The third-order valence-electron chi connectivity index (χ3n) is 1.97. The Bertz CT molecular complexity index is 221. The van der Waals surface area contributed by atoms with E-state index in [1.807, 2.05) is 6.92 Å². The van der Waals surface area contributed by atoms with Gasteiger partial charge in [-0.3, -0.25) is 0 Å². The van der Waals surface area contributed by atoms with Crippen LogP contribution in [-0.4, -0.2) is 24.3 Å². The fourth-order valence-electron chi connectivity index (χ4n) is 1.18. The molecule has 3 N–H and O–H groups in total. The van der Waals surface area contributed by atoms with E-state index in [4.69, 9.17) is 5.73 Å². The van der Waals surface area contributed by atoms with Gasteiger partial charge in [-0.15, -0.1) is 0 Å². The maximum atomic E-state index is 11.2. The molecule has 0 aromatic rings. The molecule has 1 atom stereocenters. The normalized spacial score (nSPS) is 14.6. The van der Waals surface area contributed by atoms with Gasteiger partial charge in [-0.05, 0) is 19.8 Å². The van der Waals surface area contributed by atoms with Gasteiger partial charge in [-0.25, -0.2) is 4.79 Å². The summed E-state index contributed by atoms with van der Waals surface area (Å²) in [5.41, 5.74) is 6.31. The van der Waals surface area contributed by atoms with Gasteiger partial charge < -0.3 is 15.6 Å². The standard InChI is InChI=1S/C10H19NO3/c1-4-5-6-8(11)9(7(2)12)10(13)14-3/h7,12H,4-6,11H2,1-3H3. The highest BCUT2D eigenvalue weighted by molar-refractivity contribution is 5.90. The lowest BCUT2D eigenvalue weighted by Crippen LogP contribution is -2.21. The zero-order valence-electron chi connectivity index (χ0n) is 9.04. The predicted molar refractivity (Wildman–Crippen MR) is 54.4 cm³/mol. The van der Waals surface area contributed by atoms with E-state index >= 15 is 0 Å². The third-order valence-corrected chi connectivity index (χ3v) is 1.97. The number of aliphatic hydroxyl groups is 1. The summed E-state index contributed by atoms with van der Waals surface area (Å²) >= 11 is 0. The second-order valence-corrected chi connectivity index (χ2v) is 3.21. The smallest absolute Gasteiger partial charge is 0.338 e. The highest BCUT2D eigenvalue weighted by Gasteiger charge is 2.18. The van der Waals surface area contributed by atoms with E-state index in [-0.39, 0.29) is 5.57 Å². The van der Waals surface area contributed by atoms with Crippen LogP contribution in [0, 0.1) is 0 Å². The molecule has 0 rings (SSSR count). The minimum absolute atomic E-state index is 0.181. The number of carbonyl (C=O) groups excluding carboxylic acids is 1. The zero-order valence-corrected chi connectivity index (χ0v) is 9.04. The van der Waals surface area contributed by atoms with Crippen molar-refractivity contribution >= 4 is 5.97 Å². The van der Waals surface area contributed by atoms with Gasteiger partial charge in [0.2, 0.25) is 0 Å². The lowest BCUT2D eigenvalue weighted by Gasteiger charge is -2.12. The second kappa shape index (κ2) is 6.43. The summed E-state index contributed by atoms with van der Waals surface area (Å²) in [6.45, 7) is 3.54. The Labute approximate surface area is 84.7 Å². The van der Waals surface area contributed by atoms with Gasteiger partial charge in [-0.2, -0.15) is 0 Å². The van der Waals surface area contributed by atoms with Crippen molar-refractivity contribution in [1.82, 2.24) is 0 Å². The minimum Gasteiger partial charge on any atom is -0.466 e. The SMILES string of the molecule is CCCCC(N)=C(C(=O)OC)C(C)O. The maximum Gasteiger partial charge on any atom is 0.338 e. The number of nitrogens with two attached hydrogens (primary N) is 1. The fourth-order valence-corrected chi connectivity index (χ4v) is 1.18. The Morgan fingerprint density at radius 1 is 1.57 bits per heavy atom. The van der Waals surface area contributed by atoms with Crippen molar-refractivity contribution < 1.29 is 14.6 Å². The topological polar surface area (TPSA) is 72.6 Å². The van der Waals surface area contributed by atoms with E-state index in [1.54, 1.807) is 0 Å². The largest absolute Gasteiger partial charge is 0.466 e. The van der Waals surface area contributed by atoms with Crippen molar-refractivity contribution in [3.05, 3.63) is 11.3 Å². The first-order valence-electron chi connectivity index (χ1n) is 4.79. The summed E-state index contributed by atoms with van der Waals surface area (Å²) < 4.78 is 4.54. The number of aliphatic hydroxyl groups excluding tert-OH is 1. The van der Waals surface area contributed by atoms with E-state index in [9.17, 15) is 9.90 Å². The third kappa shape index (κ3) is 3.79. The van der Waals surface area contributed by atoms with E-state index < -0.39 is 12.1 Å². The first kappa shape index (κ1) is 13.0. The van der Waals surface area contributed by atoms with Crippen LogP contribution < -0.4 is 5.73 Å². The van der Waals surface area contributed by atoms with Crippen molar-refractivity contribution in [1.29, 1.82) is 0 Å². The quantitative estimate of drug-likeness (QED) is 0.513. The highest BCUT2D eigenvalue weighted by atomic mass is 16.5. The van der Waals surface area contributed by atoms with Crippen LogP contribution in [0.3, 0.4) is 0 Å². The van der Waals surface area contributed by atoms with Crippen LogP contribution >= 0.6 is 0 Å². The molecule has 0 saturated heterocycles. The summed E-state index contributed by atoms with van der Waals surface area (Å²) in [5.74, 6) is -0.548. The average Bonchev–Trinajstić information content (AvgIpc) is 2.14. The number of hydrogen-bond acceptors (Lipinski definition) is 4. The van der Waals surface area contributed by atoms with E-state index in [0.29, 0.717) is 12.1 Å². The molecule has 0 fully saturated rings. The van der Waals surface area contributed by atoms with Gasteiger partial charge in [0.1, 0.15) is 0 Å². The lowest BCUT2D eigenvalue weighted by molar-refractivity contribution is -0.137. The number of ether oxygens (including phenoxy) is 1. The minimum atomic E-state index is -0.876. The molecule has 0 amide bonds. The summed E-state index contributed by atoms with van der Waals surface area (Å²) in [4.78, 5) is 11.2. The molecule has 4 nitrogen and oxygen atoms in total. The van der Waals surface area contributed by atoms with Gasteiger partial charge in [0, 0.05) is 5.70 Å². The number of unbranched alkanes of at least 4 members (excludes halogenated alkanes) is 1. The molecule has 0 aromatic heterocycles. The van der Waals surface area contributed by atoms with E-state index in [2.05, 4.69) is 4.74 Å². The zero-order chi connectivity index (χ0) is 11.1. The van der Waals surface area contributed by atoms with Crippen LogP contribution in [0.1, 0.15) is 33.1 Å². The molecule has 0 saturated carbocycles. The fraction of sp³-hybridized carbons (Fsp3) is 0.700. The second-order valence-electron chi connectivity index (χ2n) is 3.21. The van der Waals surface area contributed by atoms with Gasteiger partial charge in [0.15, 0.2) is 0 Å². The summed E-state index contributed by atoms with van der Waals surface area (Å²) in [6.07, 6.45) is 1.64. The molecule has 0 bridgehead atoms. The predicted octanol–water partition coefficient (Wildman–Crippen LogP) is 0.943. The van der Waals surface area contributed by atoms with Gasteiger partial charge in [-0.1, -0.05) is 13.3 Å². The van der Waals surface area contributed by atoms with Crippen molar-refractivity contribution in [2.45, 2.75) is 39.2 Å². The summed E-state index contributed by atoms with van der Waals surface area (Å²) in [5, 5.41) is 9.34. The summed E-state index contributed by atoms with van der Waals surface area (Å²) in [6, 6.07) is 0. The van der Waals surface area contributed by atoms with Crippen LogP contribution in [0.15, 0.2) is 11.3 Å². The Kier molecular flexibility index (Phi) is 5.95. The average molecular weight is 201 g/mol. The van der Waals surface area contributed by atoms with Crippen LogP contribution in [0.4, 0.5) is 0 Å². The Balaban J connectivity index is 4.67. The first-order chi connectivity index (χ1) is 6.54. The maximum absolute atomic E-state index is 11.2. The molecule has 0 aliphatic carbocycles. The van der Waals surface area contributed by atoms with Crippen LogP contribution in [0.25, 0.3) is 0 Å². The van der Waals surface area contributed by atoms with Crippen molar-refractivity contribution in [3.63, 3.8) is 0 Å². The first-order valence-corrected chi connectivity index (χ1v) is 4.79. The number of methoxy groups -OCH3 is 1.